The summed E-state index contributed by atoms with van der Waals surface area (Å²) in [5.41, 5.74) is 7.18. The average Bonchev–Trinajstić information content (AvgIpc) is 2.66. The molecule has 0 saturated heterocycles. The fourth-order valence-electron chi connectivity index (χ4n) is 4.61. The Morgan fingerprint density at radius 2 is 1.71 bits per heavy atom. The monoisotopic (exact) mass is 384 g/mol. The fourth-order valence-corrected chi connectivity index (χ4v) is 5.94. The summed E-state index contributed by atoms with van der Waals surface area (Å²) in [6, 6.07) is 20.2. The zero-order chi connectivity index (χ0) is 19.6. The Hall–Kier alpha value is -2.32. The minimum absolute atomic E-state index is 0.231. The molecule has 1 aliphatic heterocycles. The first-order valence-corrected chi connectivity index (χ1v) is 10.8. The molecule has 0 aliphatic carbocycles. The van der Waals surface area contributed by atoms with Gasteiger partial charge in [0.15, 0.2) is 0 Å². The summed E-state index contributed by atoms with van der Waals surface area (Å²) in [5, 5.41) is 4.13. The summed E-state index contributed by atoms with van der Waals surface area (Å²) >= 11 is 1.96. The van der Waals surface area contributed by atoms with E-state index in [1.165, 1.54) is 53.9 Å². The molecule has 0 amide bonds. The van der Waals surface area contributed by atoms with Crippen molar-refractivity contribution in [3.8, 4) is 11.3 Å². The lowest BCUT2D eigenvalue weighted by Gasteiger charge is -2.26. The molecule has 0 N–H and O–H groups in total. The lowest BCUT2D eigenvalue weighted by Crippen LogP contribution is -2.35. The van der Waals surface area contributed by atoms with Crippen LogP contribution in [0.4, 0.5) is 0 Å². The van der Waals surface area contributed by atoms with E-state index in [9.17, 15) is 0 Å². The normalized spacial score (nSPS) is 13.2. The van der Waals surface area contributed by atoms with Gasteiger partial charge < -0.3 is 0 Å². The molecule has 4 aromatic rings. The number of rotatable bonds is 1. The van der Waals surface area contributed by atoms with Gasteiger partial charge in [0.1, 0.15) is 7.05 Å². The van der Waals surface area contributed by atoms with Crippen molar-refractivity contribution in [2.75, 3.05) is 0 Å². The molecular weight excluding hydrogens is 358 g/mol. The number of pyridine rings is 1. The summed E-state index contributed by atoms with van der Waals surface area (Å²) in [7, 11) is 2.23. The summed E-state index contributed by atoms with van der Waals surface area (Å²) in [4.78, 5) is 2.82. The van der Waals surface area contributed by atoms with Crippen LogP contribution in [0.3, 0.4) is 0 Å². The molecule has 5 rings (SSSR count). The van der Waals surface area contributed by atoms with Crippen LogP contribution in [0.25, 0.3) is 32.9 Å². The number of aryl methyl sites for hydroxylation is 2. The Morgan fingerprint density at radius 3 is 2.50 bits per heavy atom. The second-order valence-corrected chi connectivity index (χ2v) is 10.2. The van der Waals surface area contributed by atoms with Gasteiger partial charge in [-0.15, -0.1) is 0 Å². The highest BCUT2D eigenvalue weighted by atomic mass is 32.2. The van der Waals surface area contributed by atoms with Crippen molar-refractivity contribution in [3.63, 3.8) is 0 Å². The van der Waals surface area contributed by atoms with Crippen molar-refractivity contribution in [2.24, 2.45) is 12.5 Å². The first kappa shape index (κ1) is 17.8. The van der Waals surface area contributed by atoms with Crippen LogP contribution in [-0.4, -0.2) is 0 Å². The number of hydrogen-bond acceptors (Lipinski definition) is 1. The van der Waals surface area contributed by atoms with Crippen molar-refractivity contribution in [1.82, 2.24) is 0 Å². The second-order valence-electron chi connectivity index (χ2n) is 9.18. The quantitative estimate of drug-likeness (QED) is 0.286. The number of aromatic nitrogens is 1. The molecule has 0 unspecified atom stereocenters. The maximum Gasteiger partial charge on any atom is 0.228 e. The van der Waals surface area contributed by atoms with E-state index in [-0.39, 0.29) is 5.41 Å². The summed E-state index contributed by atoms with van der Waals surface area (Å²) in [5.74, 6) is 0. The van der Waals surface area contributed by atoms with Crippen LogP contribution in [0.15, 0.2) is 64.4 Å². The predicted octanol–water partition coefficient (Wildman–Crippen LogP) is 6.85. The highest BCUT2D eigenvalue weighted by Gasteiger charge is 2.33. The fraction of sp³-hybridized carbons (Fsp3) is 0.269. The van der Waals surface area contributed by atoms with E-state index in [0.29, 0.717) is 0 Å². The van der Waals surface area contributed by atoms with Gasteiger partial charge >= 0.3 is 0 Å². The summed E-state index contributed by atoms with van der Waals surface area (Å²) in [6.07, 6.45) is 1.07. The van der Waals surface area contributed by atoms with Gasteiger partial charge in [0.2, 0.25) is 11.2 Å². The standard InChI is InChI=1S/C26H26NS/c1-16-13-14-17-9-8-12-21-23(17)22(16)24-25(28-21)19(15-26(2,3)4)18-10-6-7-11-20(18)27(24)5/h6-14H,15H2,1-5H3/q+1. The zero-order valence-electron chi connectivity index (χ0n) is 17.3. The van der Waals surface area contributed by atoms with Crippen molar-refractivity contribution >= 4 is 33.4 Å². The highest BCUT2D eigenvalue weighted by molar-refractivity contribution is 7.99. The largest absolute Gasteiger partial charge is 0.228 e. The Kier molecular flexibility index (Phi) is 3.86. The van der Waals surface area contributed by atoms with E-state index in [1.807, 2.05) is 11.8 Å². The minimum Gasteiger partial charge on any atom is -0.193 e. The van der Waals surface area contributed by atoms with Crippen molar-refractivity contribution in [1.29, 1.82) is 0 Å². The van der Waals surface area contributed by atoms with Gasteiger partial charge in [-0.3, -0.25) is 0 Å². The van der Waals surface area contributed by atoms with Crippen LogP contribution in [0, 0.1) is 12.3 Å². The summed E-state index contributed by atoms with van der Waals surface area (Å²) < 4.78 is 2.42. The molecule has 0 atom stereocenters. The molecule has 0 fully saturated rings. The van der Waals surface area contributed by atoms with Crippen LogP contribution >= 0.6 is 11.8 Å². The smallest absolute Gasteiger partial charge is 0.193 e. The predicted molar refractivity (Wildman–Crippen MR) is 120 cm³/mol. The topological polar surface area (TPSA) is 3.88 Å². The average molecular weight is 385 g/mol. The number of nitrogens with zero attached hydrogens (tertiary/aromatic N) is 1. The highest BCUT2D eigenvalue weighted by Crippen LogP contribution is 2.50. The third kappa shape index (κ3) is 2.58. The second kappa shape index (κ2) is 6.09. The van der Waals surface area contributed by atoms with E-state index in [1.54, 1.807) is 0 Å². The van der Waals surface area contributed by atoms with Gasteiger partial charge in [-0.1, -0.05) is 68.9 Å². The van der Waals surface area contributed by atoms with Gasteiger partial charge in [0.05, 0.1) is 15.8 Å². The molecular formula is C26H26NS+. The molecule has 0 radical (unpaired) electrons. The SMILES string of the molecule is Cc1ccc2cccc3c2c1-c1c(c(CC(C)(C)C)c2ccccc2[n+]1C)S3. The molecule has 0 spiro atoms. The molecule has 28 heavy (non-hydrogen) atoms. The Balaban J connectivity index is 1.98. The first-order valence-electron chi connectivity index (χ1n) is 9.99. The van der Waals surface area contributed by atoms with Gasteiger partial charge in [-0.2, -0.15) is 4.57 Å². The van der Waals surface area contributed by atoms with Crippen LogP contribution in [0.2, 0.25) is 0 Å². The Bertz CT molecular complexity index is 1260. The van der Waals surface area contributed by atoms with Crippen LogP contribution in [0.5, 0.6) is 0 Å². The van der Waals surface area contributed by atoms with Crippen LogP contribution in [0.1, 0.15) is 31.9 Å². The molecule has 0 saturated carbocycles. The van der Waals surface area contributed by atoms with Gasteiger partial charge in [0.25, 0.3) is 0 Å². The van der Waals surface area contributed by atoms with Crippen molar-refractivity contribution in [2.45, 2.75) is 43.9 Å². The lowest BCUT2D eigenvalue weighted by atomic mass is 9.85. The third-order valence-electron chi connectivity index (χ3n) is 5.79. The molecule has 1 aromatic heterocycles. The molecule has 140 valence electrons. The van der Waals surface area contributed by atoms with E-state index < -0.39 is 0 Å². The van der Waals surface area contributed by atoms with E-state index >= 15 is 0 Å². The molecule has 1 aliphatic rings. The molecule has 0 bridgehead atoms. The number of hydrogen-bond donors (Lipinski definition) is 0. The maximum atomic E-state index is 2.42. The maximum absolute atomic E-state index is 2.42. The van der Waals surface area contributed by atoms with Crippen molar-refractivity contribution < 1.29 is 4.57 Å². The van der Waals surface area contributed by atoms with Gasteiger partial charge in [0, 0.05) is 16.3 Å². The number of fused-ring (bicyclic) bond motifs is 3. The Morgan fingerprint density at radius 1 is 0.929 bits per heavy atom. The molecule has 1 nitrogen and oxygen atoms in total. The summed E-state index contributed by atoms with van der Waals surface area (Å²) in [6.45, 7) is 9.28. The Labute approximate surface area is 171 Å². The van der Waals surface area contributed by atoms with Gasteiger partial charge in [-0.05, 0) is 47.4 Å². The van der Waals surface area contributed by atoms with Crippen LogP contribution in [-0.2, 0) is 13.5 Å². The number of benzene rings is 3. The van der Waals surface area contributed by atoms with E-state index in [4.69, 9.17) is 0 Å². The first-order chi connectivity index (χ1) is 13.3. The lowest BCUT2D eigenvalue weighted by molar-refractivity contribution is -0.635. The molecule has 2 heterocycles. The minimum atomic E-state index is 0.231. The third-order valence-corrected chi connectivity index (χ3v) is 6.99. The molecule has 2 heteroatoms. The van der Waals surface area contributed by atoms with Crippen LogP contribution < -0.4 is 4.57 Å². The van der Waals surface area contributed by atoms with Gasteiger partial charge in [-0.25, -0.2) is 0 Å². The number of para-hydroxylation sites is 1. The van der Waals surface area contributed by atoms with E-state index in [2.05, 4.69) is 93.9 Å². The van der Waals surface area contributed by atoms with E-state index in [0.717, 1.165) is 6.42 Å². The molecule has 3 aromatic carbocycles. The van der Waals surface area contributed by atoms with Crippen molar-refractivity contribution in [3.05, 3.63) is 65.7 Å². The zero-order valence-corrected chi connectivity index (χ0v) is 18.1.